The molecule has 17 heavy (non-hydrogen) atoms. The summed E-state index contributed by atoms with van der Waals surface area (Å²) in [6, 6.07) is 10.1. The van der Waals surface area contributed by atoms with Crippen molar-refractivity contribution < 1.29 is 0 Å². The lowest BCUT2D eigenvalue weighted by Gasteiger charge is -2.29. The Hall–Kier alpha value is -1.57. The molecule has 1 aliphatic carbocycles. The van der Waals surface area contributed by atoms with Crippen LogP contribution in [0.25, 0.3) is 0 Å². The van der Waals surface area contributed by atoms with Crippen molar-refractivity contribution in [3.05, 3.63) is 42.0 Å². The average molecular weight is 228 g/mol. The summed E-state index contributed by atoms with van der Waals surface area (Å²) < 4.78 is 0. The number of anilines is 1. The largest absolute Gasteiger partial charge is 0.278 e. The van der Waals surface area contributed by atoms with Crippen LogP contribution in [0.15, 0.2) is 47.1 Å². The summed E-state index contributed by atoms with van der Waals surface area (Å²) in [5.41, 5.74) is 7.04. The number of nitrogens with zero attached hydrogens (tertiary/aromatic N) is 1. The lowest BCUT2D eigenvalue weighted by atomic mass is 9.77. The van der Waals surface area contributed by atoms with Gasteiger partial charge in [-0.15, -0.1) is 0 Å². The van der Waals surface area contributed by atoms with Crippen LogP contribution >= 0.6 is 0 Å². The summed E-state index contributed by atoms with van der Waals surface area (Å²) in [7, 11) is 0. The highest BCUT2D eigenvalue weighted by Crippen LogP contribution is 2.33. The van der Waals surface area contributed by atoms with Crippen molar-refractivity contribution in [2.24, 2.45) is 10.5 Å². The van der Waals surface area contributed by atoms with E-state index in [1.54, 1.807) is 0 Å². The number of benzene rings is 1. The van der Waals surface area contributed by atoms with Gasteiger partial charge in [0.15, 0.2) is 0 Å². The van der Waals surface area contributed by atoms with Crippen molar-refractivity contribution in [1.82, 2.24) is 0 Å². The van der Waals surface area contributed by atoms with Crippen LogP contribution in [0.1, 0.15) is 33.6 Å². The maximum absolute atomic E-state index is 4.49. The Morgan fingerprint density at radius 2 is 1.82 bits per heavy atom. The highest BCUT2D eigenvalue weighted by Gasteiger charge is 2.24. The molecular formula is C15H20N2. The van der Waals surface area contributed by atoms with Gasteiger partial charge in [0.1, 0.15) is 0 Å². The maximum atomic E-state index is 4.49. The Balaban J connectivity index is 2.10. The van der Waals surface area contributed by atoms with E-state index in [2.05, 4.69) is 37.4 Å². The first-order valence-electron chi connectivity index (χ1n) is 6.10. The van der Waals surface area contributed by atoms with Crippen LogP contribution < -0.4 is 5.43 Å². The molecule has 2 heteroatoms. The maximum Gasteiger partial charge on any atom is 0.0612 e. The van der Waals surface area contributed by atoms with Gasteiger partial charge in [0.25, 0.3) is 0 Å². The molecule has 1 aromatic rings. The quantitative estimate of drug-likeness (QED) is 0.753. The van der Waals surface area contributed by atoms with E-state index in [0.717, 1.165) is 24.2 Å². The van der Waals surface area contributed by atoms with E-state index in [1.165, 1.54) is 5.57 Å². The van der Waals surface area contributed by atoms with Gasteiger partial charge in [-0.2, -0.15) is 5.10 Å². The highest BCUT2D eigenvalue weighted by atomic mass is 15.3. The molecule has 0 unspecified atom stereocenters. The second kappa shape index (κ2) is 4.74. The summed E-state index contributed by atoms with van der Waals surface area (Å²) in [6.45, 7) is 6.77. The third-order valence-corrected chi connectivity index (χ3v) is 2.93. The minimum absolute atomic E-state index is 0.329. The zero-order valence-electron chi connectivity index (χ0n) is 10.8. The van der Waals surface area contributed by atoms with Gasteiger partial charge in [-0.3, -0.25) is 5.43 Å². The number of allylic oxidation sites excluding steroid dienone is 2. The Kier molecular flexibility index (Phi) is 3.32. The fraction of sp³-hybridized carbons (Fsp3) is 0.400. The minimum Gasteiger partial charge on any atom is -0.278 e. The van der Waals surface area contributed by atoms with Crippen molar-refractivity contribution in [1.29, 1.82) is 0 Å². The van der Waals surface area contributed by atoms with E-state index in [9.17, 15) is 0 Å². The lowest BCUT2D eigenvalue weighted by molar-refractivity contribution is 0.373. The summed E-state index contributed by atoms with van der Waals surface area (Å²) in [5, 5.41) is 4.49. The van der Waals surface area contributed by atoms with Crippen LogP contribution in [0.2, 0.25) is 0 Å². The normalized spacial score (nSPS) is 21.1. The molecule has 1 aliphatic rings. The third kappa shape index (κ3) is 3.45. The van der Waals surface area contributed by atoms with Crippen molar-refractivity contribution in [3.8, 4) is 0 Å². The molecule has 2 nitrogen and oxygen atoms in total. The van der Waals surface area contributed by atoms with Crippen molar-refractivity contribution >= 4 is 11.4 Å². The van der Waals surface area contributed by atoms with E-state index < -0.39 is 0 Å². The molecule has 0 heterocycles. The van der Waals surface area contributed by atoms with Gasteiger partial charge in [0.2, 0.25) is 0 Å². The smallest absolute Gasteiger partial charge is 0.0612 e. The van der Waals surface area contributed by atoms with Gasteiger partial charge >= 0.3 is 0 Å². The van der Waals surface area contributed by atoms with Gasteiger partial charge in [-0.1, -0.05) is 37.6 Å². The molecule has 0 amide bonds. The van der Waals surface area contributed by atoms with Gasteiger partial charge in [-0.25, -0.2) is 0 Å². The van der Waals surface area contributed by atoms with Crippen molar-refractivity contribution in [2.75, 3.05) is 5.43 Å². The van der Waals surface area contributed by atoms with E-state index in [-0.39, 0.29) is 0 Å². The first kappa shape index (κ1) is 11.9. The summed E-state index contributed by atoms with van der Waals surface area (Å²) in [6.07, 6.45) is 4.39. The zero-order chi connectivity index (χ0) is 12.3. The zero-order valence-corrected chi connectivity index (χ0v) is 10.8. The second-order valence-corrected chi connectivity index (χ2v) is 5.59. The number of hydrogen-bond donors (Lipinski definition) is 1. The van der Waals surface area contributed by atoms with Crippen molar-refractivity contribution in [2.45, 2.75) is 33.6 Å². The number of para-hydroxylation sites is 1. The Morgan fingerprint density at radius 1 is 1.12 bits per heavy atom. The van der Waals surface area contributed by atoms with Crippen LogP contribution in [0.3, 0.4) is 0 Å². The van der Waals surface area contributed by atoms with Gasteiger partial charge < -0.3 is 0 Å². The first-order chi connectivity index (χ1) is 8.05. The molecule has 2 rings (SSSR count). The topological polar surface area (TPSA) is 24.4 Å². The SMILES string of the molecule is CC1=C/C(=N/Nc2ccccc2)CC(C)(C)C1. The number of nitrogens with one attached hydrogen (secondary N) is 1. The second-order valence-electron chi connectivity index (χ2n) is 5.59. The first-order valence-corrected chi connectivity index (χ1v) is 6.10. The van der Waals surface area contributed by atoms with Crippen LogP contribution in [-0.4, -0.2) is 5.71 Å². The molecular weight excluding hydrogens is 208 g/mol. The molecule has 90 valence electrons. The van der Waals surface area contributed by atoms with Crippen LogP contribution in [0, 0.1) is 5.41 Å². The predicted molar refractivity (Wildman–Crippen MR) is 74.3 cm³/mol. The summed E-state index contributed by atoms with van der Waals surface area (Å²) in [4.78, 5) is 0. The number of hydrazone groups is 1. The molecule has 0 spiro atoms. The summed E-state index contributed by atoms with van der Waals surface area (Å²) in [5.74, 6) is 0. The van der Waals surface area contributed by atoms with Gasteiger partial charge in [0, 0.05) is 0 Å². The van der Waals surface area contributed by atoms with Crippen LogP contribution in [0.5, 0.6) is 0 Å². The Labute approximate surface area is 103 Å². The monoisotopic (exact) mass is 228 g/mol. The van der Waals surface area contributed by atoms with Crippen LogP contribution in [-0.2, 0) is 0 Å². The Morgan fingerprint density at radius 3 is 2.47 bits per heavy atom. The summed E-state index contributed by atoms with van der Waals surface area (Å²) >= 11 is 0. The Bertz CT molecular complexity index is 441. The van der Waals surface area contributed by atoms with Crippen molar-refractivity contribution in [3.63, 3.8) is 0 Å². The third-order valence-electron chi connectivity index (χ3n) is 2.93. The number of rotatable bonds is 2. The molecule has 0 aliphatic heterocycles. The molecule has 0 saturated heterocycles. The molecule has 0 fully saturated rings. The standard InChI is InChI=1S/C15H20N2/c1-12-9-14(11-15(2,3)10-12)17-16-13-7-5-4-6-8-13/h4-9,16H,10-11H2,1-3H3/b17-14-. The molecule has 0 atom stereocenters. The highest BCUT2D eigenvalue weighted by molar-refractivity contribution is 5.97. The molecule has 0 aromatic heterocycles. The molecule has 0 saturated carbocycles. The molecule has 0 radical (unpaired) electrons. The van der Waals surface area contributed by atoms with Gasteiger partial charge in [-0.05, 0) is 43.4 Å². The van der Waals surface area contributed by atoms with E-state index in [4.69, 9.17) is 0 Å². The fourth-order valence-electron chi connectivity index (χ4n) is 2.41. The van der Waals surface area contributed by atoms with E-state index >= 15 is 0 Å². The van der Waals surface area contributed by atoms with E-state index in [1.807, 2.05) is 30.3 Å². The van der Waals surface area contributed by atoms with Crippen LogP contribution in [0.4, 0.5) is 5.69 Å². The number of hydrogen-bond acceptors (Lipinski definition) is 2. The molecule has 0 bridgehead atoms. The lowest BCUT2D eigenvalue weighted by Crippen LogP contribution is -2.21. The molecule has 1 N–H and O–H groups in total. The fourth-order valence-corrected chi connectivity index (χ4v) is 2.41. The minimum atomic E-state index is 0.329. The average Bonchev–Trinajstić information content (AvgIpc) is 2.25. The van der Waals surface area contributed by atoms with E-state index in [0.29, 0.717) is 5.41 Å². The molecule has 1 aromatic carbocycles. The predicted octanol–water partition coefficient (Wildman–Crippen LogP) is 4.22. The van der Waals surface area contributed by atoms with Gasteiger partial charge in [0.05, 0.1) is 11.4 Å².